The van der Waals surface area contributed by atoms with Crippen molar-refractivity contribution in [3.05, 3.63) is 83.1 Å². The van der Waals surface area contributed by atoms with E-state index < -0.39 is 11.7 Å². The van der Waals surface area contributed by atoms with Crippen LogP contribution in [0.4, 0.5) is 4.39 Å². The van der Waals surface area contributed by atoms with Crippen molar-refractivity contribution < 1.29 is 27.9 Å². The Bertz CT molecular complexity index is 1190. The van der Waals surface area contributed by atoms with Gasteiger partial charge in [-0.25, -0.2) is 4.39 Å². The molecule has 7 nitrogen and oxygen atoms in total. The van der Waals surface area contributed by atoms with Gasteiger partial charge in [0.05, 0.1) is 26.3 Å². The summed E-state index contributed by atoms with van der Waals surface area (Å²) in [4.78, 5) is 29.6. The molecule has 0 radical (unpaired) electrons. The Morgan fingerprint density at radius 3 is 2.33 bits per heavy atom. The number of rotatable bonds is 11. The molecular formula is C28H33FN2O5. The highest BCUT2D eigenvalue weighted by Crippen LogP contribution is 2.28. The third-order valence-electron chi connectivity index (χ3n) is 5.91. The van der Waals surface area contributed by atoms with Crippen LogP contribution < -0.4 is 9.47 Å². The molecule has 2 aromatic carbocycles. The molecule has 3 rings (SSSR count). The van der Waals surface area contributed by atoms with E-state index in [1.807, 2.05) is 37.3 Å². The van der Waals surface area contributed by atoms with Crippen molar-refractivity contribution in [3.8, 4) is 11.5 Å². The fourth-order valence-electron chi connectivity index (χ4n) is 3.87. The summed E-state index contributed by atoms with van der Waals surface area (Å²) >= 11 is 0. The van der Waals surface area contributed by atoms with Crippen LogP contribution in [0.5, 0.6) is 11.5 Å². The van der Waals surface area contributed by atoms with Gasteiger partial charge in [-0.2, -0.15) is 0 Å². The average Bonchev–Trinajstić information content (AvgIpc) is 3.28. The minimum atomic E-state index is -0.614. The molecule has 0 unspecified atom stereocenters. The van der Waals surface area contributed by atoms with Crippen LogP contribution in [0.15, 0.2) is 59.0 Å². The molecular weight excluding hydrogens is 463 g/mol. The van der Waals surface area contributed by atoms with E-state index in [-0.39, 0.29) is 30.6 Å². The van der Waals surface area contributed by atoms with Crippen LogP contribution in [0.25, 0.3) is 0 Å². The molecule has 0 N–H and O–H groups in total. The summed E-state index contributed by atoms with van der Waals surface area (Å²) in [5.41, 5.74) is 0.904. The van der Waals surface area contributed by atoms with Crippen molar-refractivity contribution in [2.24, 2.45) is 0 Å². The number of halogens is 1. The number of carbonyl (C=O) groups excluding carboxylic acids is 2. The van der Waals surface area contributed by atoms with Crippen molar-refractivity contribution >= 4 is 11.8 Å². The maximum Gasteiger partial charge on any atom is 0.257 e. The maximum atomic E-state index is 14.3. The molecule has 0 aliphatic carbocycles. The van der Waals surface area contributed by atoms with Crippen LogP contribution >= 0.6 is 0 Å². The fourth-order valence-corrected chi connectivity index (χ4v) is 3.87. The first kappa shape index (κ1) is 26.8. The Morgan fingerprint density at radius 2 is 1.72 bits per heavy atom. The number of furan rings is 1. The number of amides is 2. The summed E-state index contributed by atoms with van der Waals surface area (Å²) in [5.74, 6) is 1.22. The lowest BCUT2D eigenvalue weighted by molar-refractivity contribution is -0.133. The minimum Gasteiger partial charge on any atom is -0.493 e. The Morgan fingerprint density at radius 1 is 1.00 bits per heavy atom. The van der Waals surface area contributed by atoms with Crippen molar-refractivity contribution in [2.45, 2.75) is 39.8 Å². The zero-order valence-electron chi connectivity index (χ0n) is 21.4. The molecule has 1 heterocycles. The van der Waals surface area contributed by atoms with Crippen LogP contribution in [0.1, 0.15) is 41.3 Å². The van der Waals surface area contributed by atoms with Gasteiger partial charge in [0.15, 0.2) is 11.5 Å². The first-order valence-corrected chi connectivity index (χ1v) is 11.8. The summed E-state index contributed by atoms with van der Waals surface area (Å²) in [5, 5.41) is 0. The van der Waals surface area contributed by atoms with Crippen LogP contribution in [0, 0.1) is 12.7 Å². The number of benzene rings is 2. The zero-order chi connectivity index (χ0) is 26.2. The molecule has 1 aromatic heterocycles. The van der Waals surface area contributed by atoms with Gasteiger partial charge in [0.1, 0.15) is 23.9 Å². The summed E-state index contributed by atoms with van der Waals surface area (Å²) in [6.07, 6.45) is 0.550. The third-order valence-corrected chi connectivity index (χ3v) is 5.91. The van der Waals surface area contributed by atoms with Gasteiger partial charge in [-0.15, -0.1) is 0 Å². The fraction of sp³-hybridized carbons (Fsp3) is 0.357. The molecule has 8 heteroatoms. The second-order valence-corrected chi connectivity index (χ2v) is 8.77. The number of ether oxygens (including phenoxy) is 2. The summed E-state index contributed by atoms with van der Waals surface area (Å²) in [6.45, 7) is 5.89. The Balaban J connectivity index is 1.80. The van der Waals surface area contributed by atoms with Crippen molar-refractivity contribution in [1.29, 1.82) is 0 Å². The molecule has 0 atom stereocenters. The third kappa shape index (κ3) is 6.65. The molecule has 0 bridgehead atoms. The standard InChI is InChI=1S/C28H33FN2O5/c1-19(2)31(28(33)23-8-6-7-9-24(23)29)18-27(32)30(17-22-12-10-20(3)36-22)15-14-21-11-13-25(34-4)26(16-21)35-5/h6-13,16,19H,14-15,17-18H2,1-5H3. The van der Waals surface area contributed by atoms with Gasteiger partial charge < -0.3 is 23.7 Å². The average molecular weight is 497 g/mol. The SMILES string of the molecule is COc1ccc(CCN(Cc2ccc(C)o2)C(=O)CN(C(=O)c2ccccc2F)C(C)C)cc1OC. The highest BCUT2D eigenvalue weighted by Gasteiger charge is 2.26. The molecule has 2 amide bonds. The predicted molar refractivity (Wildman–Crippen MR) is 135 cm³/mol. The molecule has 0 fully saturated rings. The summed E-state index contributed by atoms with van der Waals surface area (Å²) < 4.78 is 30.7. The lowest BCUT2D eigenvalue weighted by atomic mass is 10.1. The first-order chi connectivity index (χ1) is 17.2. The first-order valence-electron chi connectivity index (χ1n) is 11.8. The highest BCUT2D eigenvalue weighted by atomic mass is 19.1. The van der Waals surface area contributed by atoms with E-state index in [4.69, 9.17) is 13.9 Å². The predicted octanol–water partition coefficient (Wildman–Crippen LogP) is 4.87. The molecule has 36 heavy (non-hydrogen) atoms. The molecule has 0 aliphatic heterocycles. The van der Waals surface area contributed by atoms with Crippen molar-refractivity contribution in [2.75, 3.05) is 27.3 Å². The Kier molecular flexibility index (Phi) is 9.11. The monoisotopic (exact) mass is 496 g/mol. The van der Waals surface area contributed by atoms with Gasteiger partial charge in [-0.1, -0.05) is 18.2 Å². The van der Waals surface area contributed by atoms with Crippen molar-refractivity contribution in [3.63, 3.8) is 0 Å². The number of carbonyl (C=O) groups is 2. The second kappa shape index (κ2) is 12.2. The molecule has 0 saturated heterocycles. The number of hydrogen-bond acceptors (Lipinski definition) is 5. The van der Waals surface area contributed by atoms with E-state index >= 15 is 0 Å². The van der Waals surface area contributed by atoms with E-state index in [0.717, 1.165) is 11.3 Å². The molecule has 3 aromatic rings. The Hall–Kier alpha value is -3.81. The van der Waals surface area contributed by atoms with Crippen LogP contribution in [0.2, 0.25) is 0 Å². The maximum absolute atomic E-state index is 14.3. The van der Waals surface area contributed by atoms with E-state index in [1.54, 1.807) is 39.0 Å². The van der Waals surface area contributed by atoms with E-state index in [0.29, 0.717) is 30.2 Å². The lowest BCUT2D eigenvalue weighted by Crippen LogP contribution is -2.46. The van der Waals surface area contributed by atoms with Gasteiger partial charge in [-0.3, -0.25) is 9.59 Å². The zero-order valence-corrected chi connectivity index (χ0v) is 21.4. The van der Waals surface area contributed by atoms with E-state index in [9.17, 15) is 14.0 Å². The summed E-state index contributed by atoms with van der Waals surface area (Å²) in [6, 6.07) is 14.8. The van der Waals surface area contributed by atoms with Gasteiger partial charge >= 0.3 is 0 Å². The van der Waals surface area contributed by atoms with Crippen LogP contribution in [-0.2, 0) is 17.8 Å². The largest absolute Gasteiger partial charge is 0.493 e. The van der Waals surface area contributed by atoms with Crippen molar-refractivity contribution in [1.82, 2.24) is 9.80 Å². The molecule has 192 valence electrons. The topological polar surface area (TPSA) is 72.2 Å². The van der Waals surface area contributed by atoms with E-state index in [2.05, 4.69) is 0 Å². The number of methoxy groups -OCH3 is 2. The molecule has 0 aliphatic rings. The molecule has 0 saturated carbocycles. The smallest absolute Gasteiger partial charge is 0.257 e. The van der Waals surface area contributed by atoms with Crippen LogP contribution in [0.3, 0.4) is 0 Å². The van der Waals surface area contributed by atoms with Gasteiger partial charge in [-0.05, 0) is 69.2 Å². The lowest BCUT2D eigenvalue weighted by Gasteiger charge is -2.30. The van der Waals surface area contributed by atoms with Crippen LogP contribution in [-0.4, -0.2) is 55.0 Å². The number of nitrogens with zero attached hydrogens (tertiary/aromatic N) is 2. The normalized spacial score (nSPS) is 10.9. The summed E-state index contributed by atoms with van der Waals surface area (Å²) in [7, 11) is 3.15. The number of hydrogen-bond donors (Lipinski definition) is 0. The van der Waals surface area contributed by atoms with Gasteiger partial charge in [0.25, 0.3) is 5.91 Å². The second-order valence-electron chi connectivity index (χ2n) is 8.77. The molecule has 0 spiro atoms. The number of aryl methyl sites for hydroxylation is 1. The highest BCUT2D eigenvalue weighted by molar-refractivity contribution is 5.97. The van der Waals surface area contributed by atoms with Gasteiger partial charge in [0, 0.05) is 12.6 Å². The minimum absolute atomic E-state index is 0.0578. The quantitative estimate of drug-likeness (QED) is 0.379. The van der Waals surface area contributed by atoms with Gasteiger partial charge in [0.2, 0.25) is 5.91 Å². The Labute approximate surface area is 211 Å². The van der Waals surface area contributed by atoms with E-state index in [1.165, 1.54) is 23.1 Å².